The Morgan fingerprint density at radius 2 is 1.55 bits per heavy atom. The molecule has 3 heterocycles. The van der Waals surface area contributed by atoms with Crippen LogP contribution in [0.4, 0.5) is 0 Å². The van der Waals surface area contributed by atoms with Crippen LogP contribution < -0.4 is 4.74 Å². The Bertz CT molecular complexity index is 1640. The van der Waals surface area contributed by atoms with Crippen LogP contribution in [0.3, 0.4) is 0 Å². The number of hydrogen-bond donors (Lipinski definition) is 1. The SMILES string of the molecule is O=C(O)c1cc2c(s1)c(-c1ccccc1)c(-c1ccc(OCc3ccccc3)cc1)n2CC(=O)N1CCOCC1. The molecular weight excluding hydrogens is 524 g/mol. The lowest BCUT2D eigenvalue weighted by Gasteiger charge is -2.27. The van der Waals surface area contributed by atoms with E-state index >= 15 is 0 Å². The minimum absolute atomic E-state index is 0.0213. The van der Waals surface area contributed by atoms with Crippen molar-refractivity contribution >= 4 is 33.4 Å². The summed E-state index contributed by atoms with van der Waals surface area (Å²) in [4.78, 5) is 27.5. The van der Waals surface area contributed by atoms with Crippen molar-refractivity contribution in [1.29, 1.82) is 0 Å². The molecule has 7 nitrogen and oxygen atoms in total. The van der Waals surface area contributed by atoms with E-state index in [9.17, 15) is 14.7 Å². The highest BCUT2D eigenvalue weighted by Crippen LogP contribution is 2.45. The second-order valence-corrected chi connectivity index (χ2v) is 10.6. The normalized spacial score (nSPS) is 13.4. The molecule has 2 aromatic heterocycles. The number of ether oxygens (including phenoxy) is 2. The number of nitrogens with zero attached hydrogens (tertiary/aromatic N) is 2. The molecule has 0 bridgehead atoms. The van der Waals surface area contributed by atoms with Crippen molar-refractivity contribution in [2.24, 2.45) is 0 Å². The lowest BCUT2D eigenvalue weighted by Crippen LogP contribution is -2.42. The van der Waals surface area contributed by atoms with Gasteiger partial charge in [0.25, 0.3) is 0 Å². The number of rotatable bonds is 8. The van der Waals surface area contributed by atoms with Crippen molar-refractivity contribution in [3.63, 3.8) is 0 Å². The van der Waals surface area contributed by atoms with Gasteiger partial charge in [0.15, 0.2) is 0 Å². The molecule has 6 rings (SSSR count). The molecule has 0 radical (unpaired) electrons. The van der Waals surface area contributed by atoms with Gasteiger partial charge in [0.2, 0.25) is 5.91 Å². The Labute approximate surface area is 235 Å². The van der Waals surface area contributed by atoms with Gasteiger partial charge in [-0.1, -0.05) is 60.7 Å². The average Bonchev–Trinajstić information content (AvgIpc) is 3.56. The van der Waals surface area contributed by atoms with Crippen molar-refractivity contribution in [3.8, 4) is 28.1 Å². The molecule has 0 aliphatic carbocycles. The number of morpholine rings is 1. The van der Waals surface area contributed by atoms with Crippen LogP contribution in [0.25, 0.3) is 32.6 Å². The fraction of sp³-hybridized carbons (Fsp3) is 0.188. The van der Waals surface area contributed by atoms with Crippen molar-refractivity contribution in [3.05, 3.63) is 101 Å². The fourth-order valence-electron chi connectivity index (χ4n) is 5.06. The first-order valence-corrected chi connectivity index (χ1v) is 14.0. The summed E-state index contributed by atoms with van der Waals surface area (Å²) < 4.78 is 14.3. The number of thiophene rings is 1. The van der Waals surface area contributed by atoms with Crippen LogP contribution in [0.5, 0.6) is 5.75 Å². The third-order valence-electron chi connectivity index (χ3n) is 7.04. The minimum atomic E-state index is -0.979. The molecule has 40 heavy (non-hydrogen) atoms. The summed E-state index contributed by atoms with van der Waals surface area (Å²) in [6.07, 6.45) is 0. The summed E-state index contributed by atoms with van der Waals surface area (Å²) in [7, 11) is 0. The average molecular weight is 553 g/mol. The van der Waals surface area contributed by atoms with Gasteiger partial charge < -0.3 is 24.0 Å². The van der Waals surface area contributed by atoms with Crippen molar-refractivity contribution in [2.75, 3.05) is 26.3 Å². The maximum atomic E-state index is 13.5. The van der Waals surface area contributed by atoms with Gasteiger partial charge in [0.1, 0.15) is 23.8 Å². The van der Waals surface area contributed by atoms with Gasteiger partial charge in [-0.05, 0) is 47.0 Å². The third-order valence-corrected chi connectivity index (χ3v) is 8.17. The molecule has 1 N–H and O–H groups in total. The molecule has 0 atom stereocenters. The van der Waals surface area contributed by atoms with Gasteiger partial charge >= 0.3 is 5.97 Å². The first kappa shape index (κ1) is 25.9. The summed E-state index contributed by atoms with van der Waals surface area (Å²) in [6, 6.07) is 29.5. The number of benzene rings is 3. The Kier molecular flexibility index (Phi) is 7.35. The van der Waals surface area contributed by atoms with Gasteiger partial charge in [-0.3, -0.25) is 4.79 Å². The Morgan fingerprint density at radius 1 is 0.875 bits per heavy atom. The van der Waals surface area contributed by atoms with Gasteiger partial charge in [-0.25, -0.2) is 4.79 Å². The van der Waals surface area contributed by atoms with E-state index in [2.05, 4.69) is 0 Å². The second kappa shape index (κ2) is 11.4. The Balaban J connectivity index is 1.44. The van der Waals surface area contributed by atoms with Gasteiger partial charge in [-0.2, -0.15) is 0 Å². The molecule has 1 aliphatic heterocycles. The number of carboxylic acids is 1. The quantitative estimate of drug-likeness (QED) is 0.249. The zero-order chi connectivity index (χ0) is 27.5. The number of fused-ring (bicyclic) bond motifs is 1. The van der Waals surface area contributed by atoms with Crippen molar-refractivity contribution < 1.29 is 24.2 Å². The number of carbonyl (C=O) groups is 2. The van der Waals surface area contributed by atoms with Crippen LogP contribution in [-0.4, -0.2) is 52.8 Å². The molecule has 5 aromatic rings. The van der Waals surface area contributed by atoms with E-state index in [1.165, 1.54) is 11.3 Å². The summed E-state index contributed by atoms with van der Waals surface area (Å²) in [5, 5.41) is 9.79. The number of hydrogen-bond acceptors (Lipinski definition) is 5. The van der Waals surface area contributed by atoms with Crippen LogP contribution in [0.15, 0.2) is 91.0 Å². The first-order chi connectivity index (χ1) is 19.6. The Morgan fingerprint density at radius 3 is 2.23 bits per heavy atom. The zero-order valence-electron chi connectivity index (χ0n) is 21.8. The van der Waals surface area contributed by atoms with E-state index in [1.54, 1.807) is 6.07 Å². The molecule has 1 fully saturated rings. The van der Waals surface area contributed by atoms with E-state index in [4.69, 9.17) is 9.47 Å². The van der Waals surface area contributed by atoms with Crippen LogP contribution >= 0.6 is 11.3 Å². The van der Waals surface area contributed by atoms with Crippen molar-refractivity contribution in [2.45, 2.75) is 13.2 Å². The van der Waals surface area contributed by atoms with Crippen LogP contribution in [-0.2, 0) is 22.7 Å². The standard InChI is InChI=1S/C32H28N2O5S/c35-28(33-15-17-38-18-16-33)20-34-26-19-27(32(36)37)40-31(26)29(23-9-5-2-6-10-23)30(34)24-11-13-25(14-12-24)39-21-22-7-3-1-4-8-22/h1-14,19H,15-18,20-21H2,(H,36,37). The summed E-state index contributed by atoms with van der Waals surface area (Å²) in [5.41, 5.74) is 5.50. The highest BCUT2D eigenvalue weighted by Gasteiger charge is 2.27. The van der Waals surface area contributed by atoms with E-state index in [-0.39, 0.29) is 17.3 Å². The third kappa shape index (κ3) is 5.23. The number of carboxylic acid groups (broad SMARTS) is 1. The van der Waals surface area contributed by atoms with Crippen LogP contribution in [0.1, 0.15) is 15.2 Å². The van der Waals surface area contributed by atoms with E-state index in [0.29, 0.717) is 32.9 Å². The smallest absolute Gasteiger partial charge is 0.345 e. The van der Waals surface area contributed by atoms with Crippen LogP contribution in [0.2, 0.25) is 0 Å². The lowest BCUT2D eigenvalue weighted by molar-refractivity contribution is -0.135. The molecule has 202 valence electrons. The minimum Gasteiger partial charge on any atom is -0.489 e. The van der Waals surface area contributed by atoms with E-state index in [0.717, 1.165) is 43.9 Å². The predicted molar refractivity (Wildman–Crippen MR) is 156 cm³/mol. The monoisotopic (exact) mass is 552 g/mol. The molecule has 1 aliphatic rings. The summed E-state index contributed by atoms with van der Waals surface area (Å²) in [6.45, 7) is 2.68. The lowest BCUT2D eigenvalue weighted by atomic mass is 10.0. The summed E-state index contributed by atoms with van der Waals surface area (Å²) in [5.74, 6) is -0.258. The molecule has 3 aromatic carbocycles. The van der Waals surface area contributed by atoms with Crippen molar-refractivity contribution in [1.82, 2.24) is 9.47 Å². The van der Waals surface area contributed by atoms with Crippen LogP contribution in [0, 0.1) is 0 Å². The topological polar surface area (TPSA) is 81.0 Å². The maximum absolute atomic E-state index is 13.5. The fourth-order valence-corrected chi connectivity index (χ4v) is 6.13. The number of amides is 1. The highest BCUT2D eigenvalue weighted by atomic mass is 32.1. The molecule has 0 unspecified atom stereocenters. The van der Waals surface area contributed by atoms with E-state index < -0.39 is 5.97 Å². The molecule has 8 heteroatoms. The molecular formula is C32H28N2O5S. The Hall–Kier alpha value is -4.40. The largest absolute Gasteiger partial charge is 0.489 e. The zero-order valence-corrected chi connectivity index (χ0v) is 22.6. The highest BCUT2D eigenvalue weighted by molar-refractivity contribution is 7.21. The molecule has 1 saturated heterocycles. The van der Waals surface area contributed by atoms with Gasteiger partial charge in [-0.15, -0.1) is 11.3 Å². The van der Waals surface area contributed by atoms with E-state index in [1.807, 2.05) is 94.4 Å². The number of aromatic nitrogens is 1. The maximum Gasteiger partial charge on any atom is 0.345 e. The molecule has 1 amide bonds. The number of carbonyl (C=O) groups excluding carboxylic acids is 1. The van der Waals surface area contributed by atoms with Gasteiger partial charge in [0, 0.05) is 18.7 Å². The second-order valence-electron chi connectivity index (χ2n) is 9.60. The summed E-state index contributed by atoms with van der Waals surface area (Å²) >= 11 is 1.24. The van der Waals surface area contributed by atoms with Gasteiger partial charge in [0.05, 0.1) is 29.1 Å². The number of aromatic carboxylic acids is 1. The first-order valence-electron chi connectivity index (χ1n) is 13.2. The predicted octanol–water partition coefficient (Wildman–Crippen LogP) is 6.17. The molecule has 0 saturated carbocycles. The molecule has 0 spiro atoms.